The molecule has 0 aromatic carbocycles. The average molecular weight is 204 g/mol. The van der Waals surface area contributed by atoms with Gasteiger partial charge in [-0.2, -0.15) is 0 Å². The van der Waals surface area contributed by atoms with Crippen molar-refractivity contribution in [3.63, 3.8) is 0 Å². The van der Waals surface area contributed by atoms with Crippen molar-refractivity contribution in [1.29, 1.82) is 0 Å². The molecule has 14 heavy (non-hydrogen) atoms. The Labute approximate surface area is 92.2 Å². The Kier molecular flexibility index (Phi) is 18.1. The summed E-state index contributed by atoms with van der Waals surface area (Å²) in [6.45, 7) is 20.7. The second-order valence-corrected chi connectivity index (χ2v) is 3.93. The van der Waals surface area contributed by atoms with Crippen LogP contribution >= 0.6 is 0 Å². The minimum absolute atomic E-state index is 0.384. The molecule has 0 saturated carbocycles. The van der Waals surface area contributed by atoms with Crippen molar-refractivity contribution in [2.24, 2.45) is 11.3 Å². The number of hydrogen-bond acceptors (Lipinski definition) is 1. The highest BCUT2D eigenvalue weighted by Crippen LogP contribution is 2.24. The summed E-state index contributed by atoms with van der Waals surface area (Å²) >= 11 is 0. The predicted molar refractivity (Wildman–Crippen MR) is 67.8 cm³/mol. The molecule has 90 valence electrons. The molecule has 1 unspecified atom stereocenters. The molecule has 0 aromatic heterocycles. The first-order valence-corrected chi connectivity index (χ1v) is 6.06. The molecule has 0 N–H and O–H groups in total. The third-order valence-electron chi connectivity index (χ3n) is 2.05. The molecule has 0 amide bonds. The Morgan fingerprint density at radius 3 is 1.57 bits per heavy atom. The quantitative estimate of drug-likeness (QED) is 0.644. The smallest absolute Gasteiger partial charge is 0.0496 e. The monoisotopic (exact) mass is 204 g/mol. The second-order valence-electron chi connectivity index (χ2n) is 3.93. The molecule has 0 bridgehead atoms. The summed E-state index contributed by atoms with van der Waals surface area (Å²) in [6.07, 6.45) is 0. The maximum atomic E-state index is 5.32. The molecule has 0 spiro atoms. The molecule has 0 fully saturated rings. The zero-order valence-electron chi connectivity index (χ0n) is 11.9. The Balaban J connectivity index is -0.000000266. The van der Waals surface area contributed by atoms with Crippen LogP contribution in [0.5, 0.6) is 0 Å². The van der Waals surface area contributed by atoms with Gasteiger partial charge in [-0.25, -0.2) is 0 Å². The molecular formula is C13H32O. The third kappa shape index (κ3) is 14.5. The van der Waals surface area contributed by atoms with Crippen molar-refractivity contribution in [2.75, 3.05) is 13.2 Å². The maximum absolute atomic E-state index is 5.32. The molecule has 0 rings (SSSR count). The van der Waals surface area contributed by atoms with Gasteiger partial charge in [-0.05, 0) is 18.3 Å². The van der Waals surface area contributed by atoms with Gasteiger partial charge in [0.15, 0.2) is 0 Å². The standard InChI is InChI=1S/C9H20O.2C2H6/c1-6-10-7-8(2)9(3,4)5;2*1-2/h8H,6-7H2,1-5H3;2*1-2H3. The fraction of sp³-hybridized carbons (Fsp3) is 1.00. The van der Waals surface area contributed by atoms with Crippen LogP contribution in [0.15, 0.2) is 0 Å². The van der Waals surface area contributed by atoms with Crippen LogP contribution in [-0.2, 0) is 4.74 Å². The third-order valence-corrected chi connectivity index (χ3v) is 2.05. The lowest BCUT2D eigenvalue weighted by Crippen LogP contribution is -2.22. The molecule has 1 atom stereocenters. The highest BCUT2D eigenvalue weighted by molar-refractivity contribution is 4.68. The SMILES string of the molecule is CC.CC.CCOCC(C)C(C)(C)C. The summed E-state index contributed by atoms with van der Waals surface area (Å²) in [7, 11) is 0. The Hall–Kier alpha value is -0.0400. The van der Waals surface area contributed by atoms with Gasteiger partial charge >= 0.3 is 0 Å². The van der Waals surface area contributed by atoms with Crippen molar-refractivity contribution in [1.82, 2.24) is 0 Å². The number of hydrogen-bond donors (Lipinski definition) is 0. The normalized spacial score (nSPS) is 11.8. The van der Waals surface area contributed by atoms with E-state index in [2.05, 4.69) is 27.7 Å². The van der Waals surface area contributed by atoms with Crippen molar-refractivity contribution in [3.8, 4) is 0 Å². The minimum atomic E-state index is 0.384. The molecule has 0 heterocycles. The van der Waals surface area contributed by atoms with E-state index < -0.39 is 0 Å². The van der Waals surface area contributed by atoms with Gasteiger partial charge in [0.05, 0.1) is 0 Å². The first-order chi connectivity index (χ1) is 6.48. The molecular weight excluding hydrogens is 172 g/mol. The fourth-order valence-electron chi connectivity index (χ4n) is 0.545. The first kappa shape index (κ1) is 19.5. The van der Waals surface area contributed by atoms with Gasteiger partial charge in [-0.15, -0.1) is 0 Å². The molecule has 0 radical (unpaired) electrons. The van der Waals surface area contributed by atoms with Gasteiger partial charge in [0.1, 0.15) is 0 Å². The molecule has 1 heteroatoms. The lowest BCUT2D eigenvalue weighted by atomic mass is 9.83. The van der Waals surface area contributed by atoms with Gasteiger partial charge in [0.25, 0.3) is 0 Å². The van der Waals surface area contributed by atoms with Crippen LogP contribution < -0.4 is 0 Å². The van der Waals surface area contributed by atoms with Crippen LogP contribution in [0, 0.1) is 11.3 Å². The van der Waals surface area contributed by atoms with Crippen LogP contribution in [0.1, 0.15) is 62.3 Å². The van der Waals surface area contributed by atoms with Crippen LogP contribution in [0.3, 0.4) is 0 Å². The zero-order chi connectivity index (χ0) is 12.2. The van der Waals surface area contributed by atoms with E-state index in [9.17, 15) is 0 Å². The van der Waals surface area contributed by atoms with Gasteiger partial charge < -0.3 is 4.74 Å². The van der Waals surface area contributed by atoms with E-state index in [4.69, 9.17) is 4.74 Å². The summed E-state index contributed by atoms with van der Waals surface area (Å²) < 4.78 is 5.32. The lowest BCUT2D eigenvalue weighted by molar-refractivity contribution is 0.0719. The van der Waals surface area contributed by atoms with Crippen LogP contribution in [0.4, 0.5) is 0 Å². The largest absolute Gasteiger partial charge is 0.381 e. The van der Waals surface area contributed by atoms with Crippen LogP contribution in [-0.4, -0.2) is 13.2 Å². The van der Waals surface area contributed by atoms with E-state index >= 15 is 0 Å². The van der Waals surface area contributed by atoms with Crippen molar-refractivity contribution >= 4 is 0 Å². The predicted octanol–water partition coefficient (Wildman–Crippen LogP) is 4.76. The molecule has 0 aliphatic rings. The van der Waals surface area contributed by atoms with E-state index in [0.29, 0.717) is 11.3 Å². The summed E-state index contributed by atoms with van der Waals surface area (Å²) in [6, 6.07) is 0. The van der Waals surface area contributed by atoms with Crippen LogP contribution in [0.25, 0.3) is 0 Å². The first-order valence-electron chi connectivity index (χ1n) is 6.06. The minimum Gasteiger partial charge on any atom is -0.381 e. The van der Waals surface area contributed by atoms with Gasteiger partial charge in [0.2, 0.25) is 0 Å². The Bertz CT molecular complexity index is 81.7. The number of rotatable bonds is 3. The Morgan fingerprint density at radius 1 is 1.00 bits per heavy atom. The highest BCUT2D eigenvalue weighted by atomic mass is 16.5. The van der Waals surface area contributed by atoms with E-state index in [-0.39, 0.29) is 0 Å². The van der Waals surface area contributed by atoms with Gasteiger partial charge in [-0.3, -0.25) is 0 Å². The van der Waals surface area contributed by atoms with E-state index in [1.165, 1.54) is 0 Å². The van der Waals surface area contributed by atoms with Crippen molar-refractivity contribution in [3.05, 3.63) is 0 Å². The topological polar surface area (TPSA) is 9.23 Å². The Morgan fingerprint density at radius 2 is 1.36 bits per heavy atom. The van der Waals surface area contributed by atoms with E-state index in [1.807, 2.05) is 34.6 Å². The summed E-state index contributed by atoms with van der Waals surface area (Å²) in [5.74, 6) is 0.646. The highest BCUT2D eigenvalue weighted by Gasteiger charge is 2.19. The molecule has 0 saturated heterocycles. The molecule has 0 aromatic rings. The lowest BCUT2D eigenvalue weighted by Gasteiger charge is -2.26. The average Bonchev–Trinajstić information content (AvgIpc) is 2.19. The van der Waals surface area contributed by atoms with Crippen molar-refractivity contribution < 1.29 is 4.74 Å². The van der Waals surface area contributed by atoms with E-state index in [1.54, 1.807) is 0 Å². The van der Waals surface area contributed by atoms with Gasteiger partial charge in [-0.1, -0.05) is 55.4 Å². The molecule has 0 aliphatic heterocycles. The molecule has 1 nitrogen and oxygen atoms in total. The van der Waals surface area contributed by atoms with Gasteiger partial charge in [0, 0.05) is 13.2 Å². The molecule has 0 aliphatic carbocycles. The van der Waals surface area contributed by atoms with Crippen LogP contribution in [0.2, 0.25) is 0 Å². The summed E-state index contributed by atoms with van der Waals surface area (Å²) in [4.78, 5) is 0. The van der Waals surface area contributed by atoms with Crippen molar-refractivity contribution in [2.45, 2.75) is 62.3 Å². The summed E-state index contributed by atoms with van der Waals surface area (Å²) in [5, 5.41) is 0. The summed E-state index contributed by atoms with van der Waals surface area (Å²) in [5.41, 5.74) is 0.384. The maximum Gasteiger partial charge on any atom is 0.0496 e. The zero-order valence-corrected chi connectivity index (χ0v) is 11.9. The van der Waals surface area contributed by atoms with E-state index in [0.717, 1.165) is 13.2 Å². The number of ether oxygens (including phenoxy) is 1. The second kappa shape index (κ2) is 13.0. The fourth-order valence-corrected chi connectivity index (χ4v) is 0.545.